The number of nitrogens with zero attached hydrogens (tertiary/aromatic N) is 2. The molecule has 0 radical (unpaired) electrons. The third kappa shape index (κ3) is 5.07. The first-order valence-corrected chi connectivity index (χ1v) is 11.2. The fourth-order valence-electron chi connectivity index (χ4n) is 3.26. The molecule has 1 aliphatic heterocycles. The molecule has 2 aromatic carbocycles. The van der Waals surface area contributed by atoms with Gasteiger partial charge in [0, 0.05) is 44.0 Å². The number of amides is 1. The molecule has 0 spiro atoms. The quantitative estimate of drug-likeness (QED) is 0.748. The summed E-state index contributed by atoms with van der Waals surface area (Å²) in [6, 6.07) is 14.1. The van der Waals surface area contributed by atoms with Crippen LogP contribution >= 0.6 is 0 Å². The lowest BCUT2D eigenvalue weighted by molar-refractivity contribution is 0.0746. The Morgan fingerprint density at radius 3 is 2.38 bits per heavy atom. The third-order valence-electron chi connectivity index (χ3n) is 4.94. The normalized spacial score (nSPS) is 14.7. The molecule has 1 saturated heterocycles. The van der Waals surface area contributed by atoms with E-state index in [0.29, 0.717) is 44.7 Å². The van der Waals surface area contributed by atoms with Crippen molar-refractivity contribution in [3.63, 3.8) is 0 Å². The second-order valence-electron chi connectivity index (χ2n) is 6.90. The summed E-state index contributed by atoms with van der Waals surface area (Å²) in [5, 5.41) is 0. The first kappa shape index (κ1) is 21.1. The lowest BCUT2D eigenvalue weighted by Gasteiger charge is -2.36. The molecule has 0 atom stereocenters. The van der Waals surface area contributed by atoms with Crippen LogP contribution in [0.4, 0.5) is 5.69 Å². The van der Waals surface area contributed by atoms with Gasteiger partial charge in [0.05, 0.1) is 12.0 Å². The Morgan fingerprint density at radius 2 is 1.76 bits per heavy atom. The number of anilines is 1. The molecule has 0 aromatic heterocycles. The maximum absolute atomic E-state index is 12.9. The highest BCUT2D eigenvalue weighted by atomic mass is 32.2. The zero-order valence-electron chi connectivity index (χ0n) is 16.8. The number of hydrogen-bond acceptors (Lipinski definition) is 5. The number of benzene rings is 2. The fourth-order valence-corrected chi connectivity index (χ4v) is 4.44. The fraction of sp³-hybridized carbons (Fsp3) is 0.381. The highest BCUT2D eigenvalue weighted by molar-refractivity contribution is 7.89. The van der Waals surface area contributed by atoms with Crippen LogP contribution in [-0.2, 0) is 10.0 Å². The molecule has 7 nitrogen and oxygen atoms in total. The molecular formula is C21H27N3O4S. The highest BCUT2D eigenvalue weighted by Crippen LogP contribution is 2.21. The number of carbonyl (C=O) groups excluding carboxylic acids is 1. The summed E-state index contributed by atoms with van der Waals surface area (Å²) in [4.78, 5) is 17.0. The number of nitrogens with one attached hydrogen (secondary N) is 1. The van der Waals surface area contributed by atoms with Gasteiger partial charge in [-0.05, 0) is 48.9 Å². The topological polar surface area (TPSA) is 79.0 Å². The first-order valence-electron chi connectivity index (χ1n) is 9.72. The number of sulfonamides is 1. The van der Waals surface area contributed by atoms with E-state index in [9.17, 15) is 13.2 Å². The molecule has 1 aliphatic rings. The molecule has 1 heterocycles. The molecule has 1 fully saturated rings. The van der Waals surface area contributed by atoms with E-state index in [4.69, 9.17) is 4.74 Å². The largest absolute Gasteiger partial charge is 0.497 e. The monoisotopic (exact) mass is 417 g/mol. The minimum Gasteiger partial charge on any atom is -0.497 e. The summed E-state index contributed by atoms with van der Waals surface area (Å²) in [6.45, 7) is 4.86. The van der Waals surface area contributed by atoms with E-state index in [1.807, 2.05) is 31.2 Å². The average molecular weight is 418 g/mol. The molecule has 1 N–H and O–H groups in total. The van der Waals surface area contributed by atoms with E-state index in [1.54, 1.807) is 24.1 Å². The number of ether oxygens (including phenoxy) is 1. The third-order valence-corrected chi connectivity index (χ3v) is 6.40. The van der Waals surface area contributed by atoms with E-state index >= 15 is 0 Å². The van der Waals surface area contributed by atoms with Crippen LogP contribution in [0.5, 0.6) is 5.75 Å². The molecule has 156 valence electrons. The molecule has 1 amide bonds. The molecule has 0 bridgehead atoms. The highest BCUT2D eigenvalue weighted by Gasteiger charge is 2.23. The van der Waals surface area contributed by atoms with Crippen LogP contribution in [0, 0.1) is 0 Å². The van der Waals surface area contributed by atoms with Gasteiger partial charge in [-0.3, -0.25) is 4.79 Å². The van der Waals surface area contributed by atoms with E-state index in [-0.39, 0.29) is 10.8 Å². The average Bonchev–Trinajstić information content (AvgIpc) is 2.77. The van der Waals surface area contributed by atoms with Gasteiger partial charge in [-0.15, -0.1) is 0 Å². The first-order chi connectivity index (χ1) is 13.9. The second-order valence-corrected chi connectivity index (χ2v) is 8.67. The van der Waals surface area contributed by atoms with Gasteiger partial charge in [-0.1, -0.05) is 13.0 Å². The Balaban J connectivity index is 1.65. The SMILES string of the molecule is CCCNS(=O)(=O)c1cccc(C(=O)N2CCN(c3ccc(OC)cc3)CC2)c1. The molecule has 0 unspecified atom stereocenters. The number of carbonyl (C=O) groups is 1. The Hall–Kier alpha value is -2.58. The number of methoxy groups -OCH3 is 1. The summed E-state index contributed by atoms with van der Waals surface area (Å²) in [7, 11) is -1.96. The van der Waals surface area contributed by atoms with Gasteiger partial charge in [-0.25, -0.2) is 13.1 Å². The lowest BCUT2D eigenvalue weighted by Crippen LogP contribution is -2.48. The van der Waals surface area contributed by atoms with Crippen LogP contribution in [-0.4, -0.2) is 59.1 Å². The van der Waals surface area contributed by atoms with Crippen molar-refractivity contribution in [1.82, 2.24) is 9.62 Å². The van der Waals surface area contributed by atoms with Crippen LogP contribution in [0.25, 0.3) is 0 Å². The van der Waals surface area contributed by atoms with Crippen LogP contribution in [0.1, 0.15) is 23.7 Å². The Labute approximate surface area is 172 Å². The van der Waals surface area contributed by atoms with Gasteiger partial charge >= 0.3 is 0 Å². The Kier molecular flexibility index (Phi) is 6.76. The van der Waals surface area contributed by atoms with E-state index in [0.717, 1.165) is 11.4 Å². The Bertz CT molecular complexity index is 937. The van der Waals surface area contributed by atoms with Crippen molar-refractivity contribution < 1.29 is 17.9 Å². The van der Waals surface area contributed by atoms with Gasteiger partial charge in [0.1, 0.15) is 5.75 Å². The minimum atomic E-state index is -3.60. The van der Waals surface area contributed by atoms with Crippen molar-refractivity contribution >= 4 is 21.6 Å². The second kappa shape index (κ2) is 9.28. The van der Waals surface area contributed by atoms with Gasteiger partial charge in [0.25, 0.3) is 5.91 Å². The number of piperazine rings is 1. The smallest absolute Gasteiger partial charge is 0.254 e. The van der Waals surface area contributed by atoms with E-state index in [2.05, 4.69) is 9.62 Å². The summed E-state index contributed by atoms with van der Waals surface area (Å²) >= 11 is 0. The van der Waals surface area contributed by atoms with Crippen molar-refractivity contribution in [2.45, 2.75) is 18.2 Å². The van der Waals surface area contributed by atoms with Gasteiger partial charge < -0.3 is 14.5 Å². The van der Waals surface area contributed by atoms with Gasteiger partial charge in [-0.2, -0.15) is 0 Å². The van der Waals surface area contributed by atoms with Gasteiger partial charge in [0.2, 0.25) is 10.0 Å². The van der Waals surface area contributed by atoms with E-state index < -0.39 is 10.0 Å². The van der Waals surface area contributed by atoms with Crippen molar-refractivity contribution in [2.75, 3.05) is 44.7 Å². The maximum Gasteiger partial charge on any atom is 0.254 e. The molecular weight excluding hydrogens is 390 g/mol. The van der Waals surface area contributed by atoms with Gasteiger partial charge in [0.15, 0.2) is 0 Å². The number of hydrogen-bond donors (Lipinski definition) is 1. The zero-order valence-corrected chi connectivity index (χ0v) is 17.6. The summed E-state index contributed by atoms with van der Waals surface area (Å²) in [5.41, 5.74) is 1.48. The predicted molar refractivity (Wildman–Crippen MR) is 113 cm³/mol. The lowest BCUT2D eigenvalue weighted by atomic mass is 10.1. The van der Waals surface area contributed by atoms with E-state index in [1.165, 1.54) is 12.1 Å². The zero-order chi connectivity index (χ0) is 20.9. The minimum absolute atomic E-state index is 0.119. The van der Waals surface area contributed by atoms with Crippen LogP contribution in [0.2, 0.25) is 0 Å². The van der Waals surface area contributed by atoms with Crippen LogP contribution < -0.4 is 14.4 Å². The van der Waals surface area contributed by atoms with Crippen molar-refractivity contribution in [1.29, 1.82) is 0 Å². The predicted octanol–water partition coefficient (Wildman–Crippen LogP) is 2.35. The van der Waals surface area contributed by atoms with Crippen molar-refractivity contribution in [3.05, 3.63) is 54.1 Å². The Morgan fingerprint density at radius 1 is 1.07 bits per heavy atom. The van der Waals surface area contributed by atoms with Crippen molar-refractivity contribution in [2.24, 2.45) is 0 Å². The molecule has 3 rings (SSSR count). The van der Waals surface area contributed by atoms with Crippen LogP contribution in [0.3, 0.4) is 0 Å². The summed E-state index contributed by atoms with van der Waals surface area (Å²) in [6.07, 6.45) is 0.705. The molecule has 2 aromatic rings. The molecule has 0 aliphatic carbocycles. The molecule has 29 heavy (non-hydrogen) atoms. The maximum atomic E-state index is 12.9. The molecule has 8 heteroatoms. The standard InChI is InChI=1S/C21H27N3O4S/c1-3-11-22-29(26,27)20-6-4-5-17(16-20)21(25)24-14-12-23(13-15-24)18-7-9-19(28-2)10-8-18/h4-10,16,22H,3,11-15H2,1-2H3. The van der Waals surface area contributed by atoms with Crippen molar-refractivity contribution in [3.8, 4) is 5.75 Å². The van der Waals surface area contributed by atoms with Crippen LogP contribution in [0.15, 0.2) is 53.4 Å². The number of rotatable bonds is 7. The summed E-state index contributed by atoms with van der Waals surface area (Å²) in [5.74, 6) is 0.665. The summed E-state index contributed by atoms with van der Waals surface area (Å²) < 4.78 is 32.4. The molecule has 0 saturated carbocycles.